The second-order valence-electron chi connectivity index (χ2n) is 8.89. The number of aromatic nitrogens is 1. The molecule has 1 aliphatic rings. The summed E-state index contributed by atoms with van der Waals surface area (Å²) in [5, 5.41) is 19.0. The Labute approximate surface area is 229 Å². The number of para-hydroxylation sites is 1. The molecule has 0 atom stereocenters. The van der Waals surface area contributed by atoms with E-state index in [1.807, 2.05) is 48.5 Å². The van der Waals surface area contributed by atoms with E-state index >= 15 is 0 Å². The lowest BCUT2D eigenvalue weighted by Gasteiger charge is -2.29. The first-order valence-corrected chi connectivity index (χ1v) is 13.3. The van der Waals surface area contributed by atoms with Crippen molar-refractivity contribution in [2.75, 3.05) is 18.0 Å². The molecular weight excluding hydrogens is 522 g/mol. The minimum Gasteiger partial charge on any atom is -0.488 e. The van der Waals surface area contributed by atoms with E-state index in [2.05, 4.69) is 11.0 Å². The molecule has 0 bridgehead atoms. The van der Waals surface area contributed by atoms with Crippen molar-refractivity contribution in [3.8, 4) is 34.6 Å². The summed E-state index contributed by atoms with van der Waals surface area (Å²) in [5.74, 6) is 0.989. The van der Waals surface area contributed by atoms with Gasteiger partial charge in [0.1, 0.15) is 33.9 Å². The number of hydrogen-bond donors (Lipinski definition) is 1. The number of carboxylic acids is 1. The molecule has 0 spiro atoms. The fourth-order valence-electron chi connectivity index (χ4n) is 4.25. The third-order valence-corrected chi connectivity index (χ3v) is 7.68. The molecule has 9 heteroatoms. The summed E-state index contributed by atoms with van der Waals surface area (Å²) in [7, 11) is 0. The number of anilines is 1. The zero-order chi connectivity index (χ0) is 26.5. The summed E-state index contributed by atoms with van der Waals surface area (Å²) in [6.07, 6.45) is 1.19. The standard InChI is InChI=1S/C29H24ClN3O4S/c30-27-26(32-29(38-27)33-15-13-21(14-16-33)28(34)35)24-3-1-2-4-25(24)36-18-20-7-11-23(12-8-20)37-22-9-5-19(17-31)6-10-22/h1-12,21H,13-16,18H2,(H,34,35). The monoisotopic (exact) mass is 545 g/mol. The summed E-state index contributed by atoms with van der Waals surface area (Å²) in [6, 6.07) is 24.3. The normalized spacial score (nSPS) is 13.6. The van der Waals surface area contributed by atoms with Gasteiger partial charge in [0, 0.05) is 18.7 Å². The van der Waals surface area contributed by atoms with E-state index in [0.717, 1.165) is 16.3 Å². The number of piperidine rings is 1. The molecule has 1 N–H and O–H groups in total. The smallest absolute Gasteiger partial charge is 0.306 e. The van der Waals surface area contributed by atoms with Gasteiger partial charge in [0.15, 0.2) is 5.13 Å². The largest absolute Gasteiger partial charge is 0.488 e. The zero-order valence-electron chi connectivity index (χ0n) is 20.3. The van der Waals surface area contributed by atoms with Crippen LogP contribution in [0.1, 0.15) is 24.0 Å². The average Bonchev–Trinajstić information content (AvgIpc) is 3.34. The number of thiazole rings is 1. The third-order valence-electron chi connectivity index (χ3n) is 6.37. The number of carboxylic acid groups (broad SMARTS) is 1. The van der Waals surface area contributed by atoms with E-state index in [9.17, 15) is 9.90 Å². The molecule has 1 aliphatic heterocycles. The highest BCUT2D eigenvalue weighted by Crippen LogP contribution is 2.41. The van der Waals surface area contributed by atoms with E-state index < -0.39 is 5.97 Å². The van der Waals surface area contributed by atoms with Gasteiger partial charge in [0.25, 0.3) is 0 Å². The summed E-state index contributed by atoms with van der Waals surface area (Å²) in [6.45, 7) is 1.64. The maximum Gasteiger partial charge on any atom is 0.306 e. The molecule has 0 radical (unpaired) electrons. The van der Waals surface area contributed by atoms with Gasteiger partial charge in [-0.1, -0.05) is 47.2 Å². The molecule has 38 heavy (non-hydrogen) atoms. The number of rotatable bonds is 8. The molecule has 1 aromatic heterocycles. The Hall–Kier alpha value is -4.06. The van der Waals surface area contributed by atoms with Crippen LogP contribution >= 0.6 is 22.9 Å². The maximum absolute atomic E-state index is 11.3. The van der Waals surface area contributed by atoms with Crippen LogP contribution in [0.2, 0.25) is 4.34 Å². The highest BCUT2D eigenvalue weighted by atomic mass is 35.5. The van der Waals surface area contributed by atoms with Crippen LogP contribution in [0.5, 0.6) is 17.2 Å². The quantitative estimate of drug-likeness (QED) is 0.254. The molecule has 5 rings (SSSR count). The van der Waals surface area contributed by atoms with Crippen molar-refractivity contribution in [3.05, 3.63) is 88.3 Å². The van der Waals surface area contributed by atoms with Crippen molar-refractivity contribution in [1.29, 1.82) is 5.26 Å². The van der Waals surface area contributed by atoms with E-state index in [0.29, 0.717) is 65.4 Å². The number of aliphatic carboxylic acids is 1. The van der Waals surface area contributed by atoms with Crippen LogP contribution < -0.4 is 14.4 Å². The number of nitriles is 1. The van der Waals surface area contributed by atoms with Gasteiger partial charge in [-0.2, -0.15) is 5.26 Å². The van der Waals surface area contributed by atoms with Gasteiger partial charge < -0.3 is 19.5 Å². The minimum absolute atomic E-state index is 0.299. The SMILES string of the molecule is N#Cc1ccc(Oc2ccc(COc3ccccc3-c3nc(N4CCC(C(=O)O)CC4)sc3Cl)cc2)cc1. The Morgan fingerprint density at radius 1 is 1.05 bits per heavy atom. The zero-order valence-corrected chi connectivity index (χ0v) is 21.9. The van der Waals surface area contributed by atoms with Gasteiger partial charge in [-0.3, -0.25) is 4.79 Å². The van der Waals surface area contributed by atoms with E-state index in [1.165, 1.54) is 11.3 Å². The predicted molar refractivity (Wildman–Crippen MR) is 147 cm³/mol. The van der Waals surface area contributed by atoms with Crippen LogP contribution in [0, 0.1) is 17.2 Å². The summed E-state index contributed by atoms with van der Waals surface area (Å²) >= 11 is 8.02. The van der Waals surface area contributed by atoms with E-state index in [1.54, 1.807) is 24.3 Å². The first-order chi connectivity index (χ1) is 18.5. The molecule has 192 valence electrons. The van der Waals surface area contributed by atoms with Crippen molar-refractivity contribution in [3.63, 3.8) is 0 Å². The summed E-state index contributed by atoms with van der Waals surface area (Å²) < 4.78 is 12.6. The average molecular weight is 546 g/mol. The Balaban J connectivity index is 1.24. The molecule has 1 saturated heterocycles. The Kier molecular flexibility index (Phi) is 7.78. The number of halogens is 1. The first kappa shape index (κ1) is 25.6. The fourth-order valence-corrected chi connectivity index (χ4v) is 5.46. The number of carbonyl (C=O) groups is 1. The lowest BCUT2D eigenvalue weighted by molar-refractivity contribution is -0.142. The van der Waals surface area contributed by atoms with Crippen molar-refractivity contribution in [2.24, 2.45) is 5.92 Å². The third kappa shape index (κ3) is 5.91. The highest BCUT2D eigenvalue weighted by Gasteiger charge is 2.27. The number of ether oxygens (including phenoxy) is 2. The van der Waals surface area contributed by atoms with Crippen molar-refractivity contribution < 1.29 is 19.4 Å². The molecule has 3 aromatic carbocycles. The lowest BCUT2D eigenvalue weighted by atomic mass is 9.97. The van der Waals surface area contributed by atoms with Crippen LogP contribution in [0.4, 0.5) is 5.13 Å². The van der Waals surface area contributed by atoms with Gasteiger partial charge in [0.05, 0.1) is 17.6 Å². The minimum atomic E-state index is -0.734. The predicted octanol–water partition coefficient (Wildman–Crippen LogP) is 7.01. The molecule has 0 saturated carbocycles. The summed E-state index contributed by atoms with van der Waals surface area (Å²) in [5.41, 5.74) is 3.02. The Bertz CT molecular complexity index is 1460. The summed E-state index contributed by atoms with van der Waals surface area (Å²) in [4.78, 5) is 18.2. The molecular formula is C29H24ClN3O4S. The number of nitrogens with zero attached hydrogens (tertiary/aromatic N) is 3. The van der Waals surface area contributed by atoms with E-state index in [-0.39, 0.29) is 5.92 Å². The van der Waals surface area contributed by atoms with Gasteiger partial charge >= 0.3 is 5.97 Å². The van der Waals surface area contributed by atoms with Crippen molar-refractivity contribution in [2.45, 2.75) is 19.4 Å². The van der Waals surface area contributed by atoms with Gasteiger partial charge in [0.2, 0.25) is 0 Å². The van der Waals surface area contributed by atoms with Crippen molar-refractivity contribution in [1.82, 2.24) is 4.98 Å². The molecule has 0 amide bonds. The lowest BCUT2D eigenvalue weighted by Crippen LogP contribution is -2.36. The van der Waals surface area contributed by atoms with Crippen LogP contribution in [0.3, 0.4) is 0 Å². The van der Waals surface area contributed by atoms with Crippen LogP contribution in [0.25, 0.3) is 11.3 Å². The van der Waals surface area contributed by atoms with E-state index in [4.69, 9.17) is 31.3 Å². The second kappa shape index (κ2) is 11.5. The topological polar surface area (TPSA) is 95.7 Å². The second-order valence-corrected chi connectivity index (χ2v) is 10.5. The first-order valence-electron chi connectivity index (χ1n) is 12.1. The molecule has 1 fully saturated rings. The highest BCUT2D eigenvalue weighted by molar-refractivity contribution is 7.20. The molecule has 4 aromatic rings. The Morgan fingerprint density at radius 2 is 1.71 bits per heavy atom. The fraction of sp³-hybridized carbons (Fsp3) is 0.207. The van der Waals surface area contributed by atoms with Crippen LogP contribution in [0.15, 0.2) is 72.8 Å². The molecule has 2 heterocycles. The van der Waals surface area contributed by atoms with Gasteiger partial charge in [-0.15, -0.1) is 0 Å². The molecule has 7 nitrogen and oxygen atoms in total. The van der Waals surface area contributed by atoms with Gasteiger partial charge in [-0.25, -0.2) is 4.98 Å². The van der Waals surface area contributed by atoms with Crippen molar-refractivity contribution >= 4 is 34.0 Å². The molecule has 0 unspecified atom stereocenters. The maximum atomic E-state index is 11.3. The molecule has 0 aliphatic carbocycles. The van der Waals surface area contributed by atoms with Crippen LogP contribution in [-0.2, 0) is 11.4 Å². The van der Waals surface area contributed by atoms with Crippen LogP contribution in [-0.4, -0.2) is 29.1 Å². The number of hydrogen-bond acceptors (Lipinski definition) is 7. The Morgan fingerprint density at radius 3 is 2.37 bits per heavy atom. The number of benzene rings is 3. The van der Waals surface area contributed by atoms with Gasteiger partial charge in [-0.05, 0) is 66.9 Å².